The molecule has 0 aromatic heterocycles. The SMILES string of the molecule is COC1CCCC1NC(=O)C1(N)C2CCCOC2C1(C)C. The summed E-state index contributed by atoms with van der Waals surface area (Å²) in [5.74, 6) is 0.122. The molecular weight excluding hydrogens is 268 g/mol. The summed E-state index contributed by atoms with van der Waals surface area (Å²) in [6.07, 6.45) is 5.30. The van der Waals surface area contributed by atoms with Crippen LogP contribution in [0.25, 0.3) is 0 Å². The van der Waals surface area contributed by atoms with Gasteiger partial charge in [-0.2, -0.15) is 0 Å². The number of nitrogens with two attached hydrogens (primary N) is 1. The van der Waals surface area contributed by atoms with Crippen molar-refractivity contribution >= 4 is 5.91 Å². The number of rotatable bonds is 3. The monoisotopic (exact) mass is 296 g/mol. The van der Waals surface area contributed by atoms with Crippen molar-refractivity contribution < 1.29 is 14.3 Å². The third-order valence-corrected chi connectivity index (χ3v) is 6.13. The summed E-state index contributed by atoms with van der Waals surface area (Å²) in [7, 11) is 1.71. The number of ether oxygens (including phenoxy) is 2. The maximum atomic E-state index is 12.9. The van der Waals surface area contributed by atoms with Gasteiger partial charge in [-0.05, 0) is 32.1 Å². The van der Waals surface area contributed by atoms with E-state index in [2.05, 4.69) is 19.2 Å². The van der Waals surface area contributed by atoms with E-state index in [1.165, 1.54) is 0 Å². The lowest BCUT2D eigenvalue weighted by Crippen LogP contribution is -2.82. The molecule has 3 fully saturated rings. The van der Waals surface area contributed by atoms with Gasteiger partial charge in [-0.1, -0.05) is 13.8 Å². The Kier molecular flexibility index (Phi) is 3.79. The number of hydrogen-bond donors (Lipinski definition) is 2. The molecule has 120 valence electrons. The van der Waals surface area contributed by atoms with Gasteiger partial charge in [0.25, 0.3) is 0 Å². The Labute approximate surface area is 126 Å². The highest BCUT2D eigenvalue weighted by molar-refractivity contribution is 5.89. The van der Waals surface area contributed by atoms with Crippen molar-refractivity contribution in [1.29, 1.82) is 0 Å². The van der Waals surface area contributed by atoms with Crippen LogP contribution in [0.15, 0.2) is 0 Å². The lowest BCUT2D eigenvalue weighted by Gasteiger charge is -2.65. The highest BCUT2D eigenvalue weighted by Crippen LogP contribution is 2.57. The number of fused-ring (bicyclic) bond motifs is 1. The zero-order valence-electron chi connectivity index (χ0n) is 13.4. The third-order valence-electron chi connectivity index (χ3n) is 6.13. The van der Waals surface area contributed by atoms with Crippen molar-refractivity contribution in [3.8, 4) is 0 Å². The minimum atomic E-state index is -0.820. The van der Waals surface area contributed by atoms with Gasteiger partial charge in [0, 0.05) is 25.0 Å². The van der Waals surface area contributed by atoms with Crippen LogP contribution in [0.2, 0.25) is 0 Å². The van der Waals surface area contributed by atoms with E-state index in [4.69, 9.17) is 15.2 Å². The maximum absolute atomic E-state index is 12.9. The van der Waals surface area contributed by atoms with Crippen molar-refractivity contribution in [3.05, 3.63) is 0 Å². The molecule has 2 saturated carbocycles. The molecule has 3 rings (SSSR count). The van der Waals surface area contributed by atoms with Crippen LogP contribution >= 0.6 is 0 Å². The Balaban J connectivity index is 1.74. The van der Waals surface area contributed by atoms with Gasteiger partial charge in [0.1, 0.15) is 5.54 Å². The molecular formula is C16H28N2O3. The van der Waals surface area contributed by atoms with Crippen LogP contribution in [0, 0.1) is 11.3 Å². The van der Waals surface area contributed by atoms with E-state index in [0.717, 1.165) is 38.7 Å². The summed E-state index contributed by atoms with van der Waals surface area (Å²) in [5, 5.41) is 3.17. The van der Waals surface area contributed by atoms with Crippen LogP contribution in [-0.2, 0) is 14.3 Å². The van der Waals surface area contributed by atoms with Gasteiger partial charge in [0.15, 0.2) is 0 Å². The average molecular weight is 296 g/mol. The number of carbonyl (C=O) groups excluding carboxylic acids is 1. The number of nitrogens with one attached hydrogen (secondary N) is 1. The van der Waals surface area contributed by atoms with Gasteiger partial charge in [-0.15, -0.1) is 0 Å². The predicted molar refractivity (Wildman–Crippen MR) is 79.7 cm³/mol. The topological polar surface area (TPSA) is 73.6 Å². The van der Waals surface area contributed by atoms with Gasteiger partial charge in [-0.3, -0.25) is 4.79 Å². The zero-order valence-corrected chi connectivity index (χ0v) is 13.4. The molecule has 5 atom stereocenters. The van der Waals surface area contributed by atoms with Gasteiger partial charge < -0.3 is 20.5 Å². The average Bonchev–Trinajstić information content (AvgIpc) is 2.93. The molecule has 0 aromatic carbocycles. The molecule has 21 heavy (non-hydrogen) atoms. The Hall–Kier alpha value is -0.650. The van der Waals surface area contributed by atoms with Crippen molar-refractivity contribution in [2.75, 3.05) is 13.7 Å². The first kappa shape index (κ1) is 15.3. The van der Waals surface area contributed by atoms with Gasteiger partial charge in [-0.25, -0.2) is 0 Å². The van der Waals surface area contributed by atoms with Crippen LogP contribution in [0.4, 0.5) is 0 Å². The molecule has 0 radical (unpaired) electrons. The molecule has 5 unspecified atom stereocenters. The fourth-order valence-corrected chi connectivity index (χ4v) is 4.70. The first-order valence-electron chi connectivity index (χ1n) is 8.17. The van der Waals surface area contributed by atoms with E-state index in [-0.39, 0.29) is 35.5 Å². The number of carbonyl (C=O) groups is 1. The molecule has 5 heteroatoms. The molecule has 0 bridgehead atoms. The van der Waals surface area contributed by atoms with Crippen LogP contribution in [0.3, 0.4) is 0 Å². The predicted octanol–water partition coefficient (Wildman–Crippen LogP) is 1.20. The van der Waals surface area contributed by atoms with Crippen LogP contribution in [-0.4, -0.2) is 43.4 Å². The minimum Gasteiger partial charge on any atom is -0.379 e. The molecule has 0 spiro atoms. The van der Waals surface area contributed by atoms with Gasteiger partial charge in [0.05, 0.1) is 18.2 Å². The maximum Gasteiger partial charge on any atom is 0.241 e. The van der Waals surface area contributed by atoms with E-state index >= 15 is 0 Å². The van der Waals surface area contributed by atoms with Crippen LogP contribution in [0.5, 0.6) is 0 Å². The standard InChI is InChI=1S/C16H28N2O3/c1-15(2)13-10(6-5-9-21-13)16(15,17)14(19)18-11-7-4-8-12(11)20-3/h10-13H,4-9,17H2,1-3H3,(H,18,19). The molecule has 1 aliphatic heterocycles. The second-order valence-electron chi connectivity index (χ2n) is 7.42. The second kappa shape index (κ2) is 5.21. The summed E-state index contributed by atoms with van der Waals surface area (Å²) in [6.45, 7) is 4.90. The van der Waals surface area contributed by atoms with Gasteiger partial charge >= 0.3 is 0 Å². The smallest absolute Gasteiger partial charge is 0.241 e. The van der Waals surface area contributed by atoms with Crippen LogP contribution in [0.1, 0.15) is 46.0 Å². The fraction of sp³-hybridized carbons (Fsp3) is 0.938. The molecule has 3 N–H and O–H groups in total. The molecule has 2 aliphatic carbocycles. The minimum absolute atomic E-state index is 0.0202. The summed E-state index contributed by atoms with van der Waals surface area (Å²) in [6, 6.07) is 0.0993. The Morgan fingerprint density at radius 3 is 2.76 bits per heavy atom. The number of methoxy groups -OCH3 is 1. The largest absolute Gasteiger partial charge is 0.379 e. The molecule has 1 heterocycles. The van der Waals surface area contributed by atoms with Crippen molar-refractivity contribution in [2.45, 2.75) is 69.7 Å². The molecule has 1 saturated heterocycles. The fourth-order valence-electron chi connectivity index (χ4n) is 4.70. The van der Waals surface area contributed by atoms with E-state index in [9.17, 15) is 4.79 Å². The quantitative estimate of drug-likeness (QED) is 0.821. The Morgan fingerprint density at radius 1 is 1.29 bits per heavy atom. The van der Waals surface area contributed by atoms with E-state index in [1.54, 1.807) is 7.11 Å². The zero-order chi connectivity index (χ0) is 15.3. The molecule has 3 aliphatic rings. The molecule has 5 nitrogen and oxygen atoms in total. The highest BCUT2D eigenvalue weighted by atomic mass is 16.5. The second-order valence-corrected chi connectivity index (χ2v) is 7.42. The summed E-state index contributed by atoms with van der Waals surface area (Å²) in [4.78, 5) is 12.9. The first-order chi connectivity index (χ1) is 9.92. The third kappa shape index (κ3) is 2.05. The number of amides is 1. The number of hydrogen-bond acceptors (Lipinski definition) is 4. The molecule has 1 amide bonds. The van der Waals surface area contributed by atoms with Crippen molar-refractivity contribution in [2.24, 2.45) is 17.1 Å². The van der Waals surface area contributed by atoms with Gasteiger partial charge in [0.2, 0.25) is 5.91 Å². The van der Waals surface area contributed by atoms with E-state index in [1.807, 2.05) is 0 Å². The normalized spacial score (nSPS) is 44.8. The van der Waals surface area contributed by atoms with Crippen molar-refractivity contribution in [1.82, 2.24) is 5.32 Å². The summed E-state index contributed by atoms with van der Waals surface area (Å²) in [5.41, 5.74) is 5.47. The Bertz CT molecular complexity index is 426. The van der Waals surface area contributed by atoms with Crippen LogP contribution < -0.4 is 11.1 Å². The molecule has 0 aromatic rings. The lowest BCUT2D eigenvalue weighted by atomic mass is 9.46. The van der Waals surface area contributed by atoms with Crippen molar-refractivity contribution in [3.63, 3.8) is 0 Å². The highest BCUT2D eigenvalue weighted by Gasteiger charge is 2.70. The summed E-state index contributed by atoms with van der Waals surface area (Å²) < 4.78 is 11.3. The Morgan fingerprint density at radius 2 is 2.05 bits per heavy atom. The first-order valence-corrected chi connectivity index (χ1v) is 8.17. The van der Waals surface area contributed by atoms with E-state index < -0.39 is 5.54 Å². The van der Waals surface area contributed by atoms with E-state index in [0.29, 0.717) is 0 Å². The lowest BCUT2D eigenvalue weighted by molar-refractivity contribution is -0.225. The summed E-state index contributed by atoms with van der Waals surface area (Å²) >= 11 is 0.